The molecule has 0 amide bonds. The molecular formula is C24H23BrN4O2. The number of halogens is 1. The Morgan fingerprint density at radius 1 is 1.10 bits per heavy atom. The number of nitrogens with zero attached hydrogens (tertiary/aromatic N) is 3. The molecule has 0 bridgehead atoms. The third-order valence-corrected chi connectivity index (χ3v) is 6.14. The number of hydrogen-bond donors (Lipinski definition) is 1. The van der Waals surface area contributed by atoms with E-state index in [9.17, 15) is 4.79 Å². The molecule has 2 aromatic carbocycles. The lowest BCUT2D eigenvalue weighted by molar-refractivity contribution is 0.0512. The lowest BCUT2D eigenvalue weighted by Crippen LogP contribution is -2.12. The summed E-state index contributed by atoms with van der Waals surface area (Å²) in [6, 6.07) is 15.9. The molecule has 4 rings (SSSR count). The lowest BCUT2D eigenvalue weighted by atomic mass is 10.2. The Morgan fingerprint density at radius 2 is 1.84 bits per heavy atom. The molecule has 158 valence electrons. The number of ether oxygens (including phenoxy) is 1. The Hall–Kier alpha value is -3.19. The highest BCUT2D eigenvalue weighted by atomic mass is 79.9. The number of nitrogens with one attached hydrogen (secondary N) is 1. The molecule has 0 spiro atoms. The summed E-state index contributed by atoms with van der Waals surface area (Å²) in [4.78, 5) is 21.7. The van der Waals surface area contributed by atoms with E-state index in [1.54, 1.807) is 6.92 Å². The number of para-hydroxylation sites is 1. The second kappa shape index (κ2) is 8.51. The molecule has 2 heterocycles. The molecular weight excluding hydrogens is 456 g/mol. The van der Waals surface area contributed by atoms with Gasteiger partial charge in [-0.05, 0) is 69.2 Å². The van der Waals surface area contributed by atoms with E-state index in [0.717, 1.165) is 38.1 Å². The monoisotopic (exact) mass is 478 g/mol. The summed E-state index contributed by atoms with van der Waals surface area (Å²) >= 11 is 3.53. The highest BCUT2D eigenvalue weighted by molar-refractivity contribution is 9.10. The molecule has 0 saturated carbocycles. The minimum atomic E-state index is -0.546. The van der Waals surface area contributed by atoms with Gasteiger partial charge in [-0.1, -0.05) is 34.1 Å². The van der Waals surface area contributed by atoms with E-state index in [1.165, 1.54) is 0 Å². The number of anilines is 2. The van der Waals surface area contributed by atoms with Crippen LogP contribution in [0.2, 0.25) is 0 Å². The zero-order valence-electron chi connectivity index (χ0n) is 17.9. The van der Waals surface area contributed by atoms with Crippen LogP contribution in [0.15, 0.2) is 53.0 Å². The number of esters is 1. The van der Waals surface area contributed by atoms with Crippen molar-refractivity contribution < 1.29 is 9.53 Å². The molecule has 0 fully saturated rings. The second-order valence-electron chi connectivity index (χ2n) is 7.29. The van der Waals surface area contributed by atoms with Crippen LogP contribution in [0.25, 0.3) is 16.7 Å². The predicted molar refractivity (Wildman–Crippen MR) is 126 cm³/mol. The van der Waals surface area contributed by atoms with Crippen LogP contribution >= 0.6 is 15.9 Å². The summed E-state index contributed by atoms with van der Waals surface area (Å²) in [6.07, 6.45) is 0. The van der Waals surface area contributed by atoms with Crippen LogP contribution in [-0.4, -0.2) is 27.1 Å². The summed E-state index contributed by atoms with van der Waals surface area (Å²) in [6.45, 7) is 8.13. The fraction of sp³-hybridized carbons (Fsp3) is 0.208. The van der Waals surface area contributed by atoms with Crippen LogP contribution in [0.5, 0.6) is 0 Å². The van der Waals surface area contributed by atoms with Gasteiger partial charge in [0.1, 0.15) is 5.82 Å². The Morgan fingerprint density at radius 3 is 2.52 bits per heavy atom. The van der Waals surface area contributed by atoms with Crippen molar-refractivity contribution in [3.63, 3.8) is 0 Å². The molecule has 2 aromatic heterocycles. The van der Waals surface area contributed by atoms with E-state index in [-0.39, 0.29) is 12.4 Å². The normalized spacial score (nSPS) is 11.0. The van der Waals surface area contributed by atoms with Crippen LogP contribution in [0.1, 0.15) is 34.4 Å². The van der Waals surface area contributed by atoms with Crippen LogP contribution < -0.4 is 5.32 Å². The maximum Gasteiger partial charge on any atom is 0.376 e. The van der Waals surface area contributed by atoms with Crippen molar-refractivity contribution in [1.29, 1.82) is 0 Å². The van der Waals surface area contributed by atoms with Gasteiger partial charge in [0.15, 0.2) is 5.65 Å². The fourth-order valence-corrected chi connectivity index (χ4v) is 3.84. The average molecular weight is 479 g/mol. The zero-order valence-corrected chi connectivity index (χ0v) is 19.4. The SMILES string of the molecule is CCOC(=O)c1nc(Nc2ccc(Br)c(C)c2)c2c(C)c(C)n(-c3ccccc3)c2n1. The number of carbonyl (C=O) groups is 1. The lowest BCUT2D eigenvalue weighted by Gasteiger charge is -2.12. The summed E-state index contributed by atoms with van der Waals surface area (Å²) in [5.74, 6) is 0.0565. The van der Waals surface area contributed by atoms with Crippen LogP contribution in [0.3, 0.4) is 0 Å². The van der Waals surface area contributed by atoms with Gasteiger partial charge in [0.2, 0.25) is 5.82 Å². The molecule has 1 N–H and O–H groups in total. The molecule has 0 aliphatic rings. The number of benzene rings is 2. The van der Waals surface area contributed by atoms with Gasteiger partial charge in [-0.2, -0.15) is 0 Å². The second-order valence-corrected chi connectivity index (χ2v) is 8.14. The van der Waals surface area contributed by atoms with Gasteiger partial charge in [0, 0.05) is 21.5 Å². The Kier molecular flexibility index (Phi) is 5.78. The first kappa shape index (κ1) is 21.1. The smallest absolute Gasteiger partial charge is 0.376 e. The van der Waals surface area contributed by atoms with Gasteiger partial charge < -0.3 is 10.1 Å². The van der Waals surface area contributed by atoms with Gasteiger partial charge in [-0.25, -0.2) is 14.8 Å². The van der Waals surface area contributed by atoms with Crippen molar-refractivity contribution in [1.82, 2.24) is 14.5 Å². The van der Waals surface area contributed by atoms with Crippen LogP contribution in [-0.2, 0) is 4.74 Å². The fourth-order valence-electron chi connectivity index (χ4n) is 3.59. The number of aromatic nitrogens is 3. The third kappa shape index (κ3) is 3.93. The third-order valence-electron chi connectivity index (χ3n) is 5.25. The Bertz CT molecular complexity index is 1280. The molecule has 4 aromatic rings. The maximum absolute atomic E-state index is 12.5. The summed E-state index contributed by atoms with van der Waals surface area (Å²) in [7, 11) is 0. The van der Waals surface area contributed by atoms with Crippen molar-refractivity contribution in [2.75, 3.05) is 11.9 Å². The minimum absolute atomic E-state index is 0.0281. The van der Waals surface area contributed by atoms with Crippen molar-refractivity contribution in [2.45, 2.75) is 27.7 Å². The van der Waals surface area contributed by atoms with Crippen molar-refractivity contribution >= 4 is 44.4 Å². The summed E-state index contributed by atoms with van der Waals surface area (Å²) < 4.78 is 8.27. The molecule has 31 heavy (non-hydrogen) atoms. The van der Waals surface area contributed by atoms with E-state index in [1.807, 2.05) is 73.9 Å². The van der Waals surface area contributed by atoms with Gasteiger partial charge in [0.05, 0.1) is 12.0 Å². The molecule has 7 heteroatoms. The molecule has 6 nitrogen and oxygen atoms in total. The molecule has 0 radical (unpaired) electrons. The zero-order chi connectivity index (χ0) is 22.1. The predicted octanol–water partition coefficient (Wildman–Crippen LogP) is 6.03. The largest absolute Gasteiger partial charge is 0.460 e. The Labute approximate surface area is 189 Å². The molecule has 0 saturated heterocycles. The standard InChI is InChI=1S/C24H23BrN4O2/c1-5-31-24(30)22-27-21(26-17-11-12-19(25)14(2)13-17)20-15(3)16(4)29(23(20)28-22)18-9-7-6-8-10-18/h6-13H,5H2,1-4H3,(H,26,27,28). The molecule has 0 aliphatic carbocycles. The Balaban J connectivity index is 1.97. The number of hydrogen-bond acceptors (Lipinski definition) is 5. The quantitative estimate of drug-likeness (QED) is 0.354. The first-order chi connectivity index (χ1) is 14.9. The first-order valence-electron chi connectivity index (χ1n) is 10.1. The van der Waals surface area contributed by atoms with Gasteiger partial charge >= 0.3 is 5.97 Å². The van der Waals surface area contributed by atoms with Gasteiger partial charge in [-0.15, -0.1) is 0 Å². The highest BCUT2D eigenvalue weighted by Gasteiger charge is 2.22. The van der Waals surface area contributed by atoms with Crippen LogP contribution in [0, 0.1) is 20.8 Å². The number of fused-ring (bicyclic) bond motifs is 1. The number of aryl methyl sites for hydroxylation is 2. The van der Waals surface area contributed by atoms with Crippen molar-refractivity contribution in [3.05, 3.63) is 75.6 Å². The van der Waals surface area contributed by atoms with Crippen molar-refractivity contribution in [3.8, 4) is 5.69 Å². The van der Waals surface area contributed by atoms with E-state index < -0.39 is 5.97 Å². The van der Waals surface area contributed by atoms with E-state index in [2.05, 4.69) is 31.2 Å². The van der Waals surface area contributed by atoms with E-state index in [4.69, 9.17) is 4.74 Å². The summed E-state index contributed by atoms with van der Waals surface area (Å²) in [5.41, 5.74) is 5.68. The first-order valence-corrected chi connectivity index (χ1v) is 10.8. The van der Waals surface area contributed by atoms with E-state index in [0.29, 0.717) is 11.5 Å². The van der Waals surface area contributed by atoms with Crippen molar-refractivity contribution in [2.24, 2.45) is 0 Å². The van der Waals surface area contributed by atoms with Gasteiger partial charge in [-0.3, -0.25) is 4.57 Å². The minimum Gasteiger partial charge on any atom is -0.460 e. The molecule has 0 aliphatic heterocycles. The molecule has 0 atom stereocenters. The topological polar surface area (TPSA) is 69.0 Å². The highest BCUT2D eigenvalue weighted by Crippen LogP contribution is 2.34. The van der Waals surface area contributed by atoms with Crippen LogP contribution in [0.4, 0.5) is 11.5 Å². The van der Waals surface area contributed by atoms with E-state index >= 15 is 0 Å². The molecule has 0 unspecified atom stereocenters. The average Bonchev–Trinajstić information content (AvgIpc) is 3.02. The summed E-state index contributed by atoms with van der Waals surface area (Å²) in [5, 5.41) is 4.26. The number of carbonyl (C=O) groups excluding carboxylic acids is 1. The number of rotatable bonds is 5. The van der Waals surface area contributed by atoms with Gasteiger partial charge in [0.25, 0.3) is 0 Å². The maximum atomic E-state index is 12.5.